The number of carbonyl (C=O) groups is 1. The van der Waals surface area contributed by atoms with E-state index in [4.69, 9.17) is 4.42 Å². The fourth-order valence-electron chi connectivity index (χ4n) is 3.56. The number of hydrogen-bond donors (Lipinski definition) is 0. The molecule has 29 heavy (non-hydrogen) atoms. The SMILES string of the molecule is Cn1nc(-c2nnc(-c3ccccc3F)o2)c2c1CCN(C(=O)c1cccs1)C2. The molecule has 1 aliphatic heterocycles. The summed E-state index contributed by atoms with van der Waals surface area (Å²) in [4.78, 5) is 15.3. The number of fused-ring (bicyclic) bond motifs is 1. The molecule has 0 bridgehead atoms. The van der Waals surface area contributed by atoms with Crippen molar-refractivity contribution in [1.29, 1.82) is 0 Å². The van der Waals surface area contributed by atoms with Gasteiger partial charge in [0.25, 0.3) is 17.7 Å². The van der Waals surface area contributed by atoms with Crippen molar-refractivity contribution in [2.75, 3.05) is 6.54 Å². The highest BCUT2D eigenvalue weighted by Crippen LogP contribution is 2.32. The minimum Gasteiger partial charge on any atom is -0.414 e. The zero-order valence-electron chi connectivity index (χ0n) is 15.5. The highest BCUT2D eigenvalue weighted by molar-refractivity contribution is 7.12. The van der Waals surface area contributed by atoms with Gasteiger partial charge in [-0.25, -0.2) is 4.39 Å². The second-order valence-corrected chi connectivity index (χ2v) is 7.69. The van der Waals surface area contributed by atoms with Gasteiger partial charge in [0.1, 0.15) is 5.82 Å². The maximum absolute atomic E-state index is 14.0. The van der Waals surface area contributed by atoms with Crippen LogP contribution in [0.1, 0.15) is 20.9 Å². The fraction of sp³-hybridized carbons (Fsp3) is 0.200. The Bertz CT molecular complexity index is 1200. The van der Waals surface area contributed by atoms with Gasteiger partial charge in [-0.3, -0.25) is 9.48 Å². The number of nitrogens with zero attached hydrogens (tertiary/aromatic N) is 5. The van der Waals surface area contributed by atoms with Crippen molar-refractivity contribution in [2.45, 2.75) is 13.0 Å². The molecule has 0 aliphatic carbocycles. The van der Waals surface area contributed by atoms with Gasteiger partial charge in [0.15, 0.2) is 5.69 Å². The molecule has 5 rings (SSSR count). The fourth-order valence-corrected chi connectivity index (χ4v) is 4.25. The molecule has 0 unspecified atom stereocenters. The molecular formula is C20H16FN5O2S. The quantitative estimate of drug-likeness (QED) is 0.517. The molecule has 0 saturated carbocycles. The van der Waals surface area contributed by atoms with Crippen LogP contribution in [-0.4, -0.2) is 37.3 Å². The molecule has 0 radical (unpaired) electrons. The molecule has 1 amide bonds. The largest absolute Gasteiger partial charge is 0.414 e. The number of aromatic nitrogens is 4. The maximum Gasteiger partial charge on any atom is 0.268 e. The molecule has 4 aromatic rings. The Labute approximate surface area is 169 Å². The molecule has 4 heterocycles. The van der Waals surface area contributed by atoms with E-state index >= 15 is 0 Å². The lowest BCUT2D eigenvalue weighted by atomic mass is 10.0. The minimum absolute atomic E-state index is 0.00183. The summed E-state index contributed by atoms with van der Waals surface area (Å²) in [6.45, 7) is 1.03. The lowest BCUT2D eigenvalue weighted by molar-refractivity contribution is 0.0738. The Hall–Kier alpha value is -3.33. The summed E-state index contributed by atoms with van der Waals surface area (Å²) >= 11 is 1.43. The first-order valence-corrected chi connectivity index (χ1v) is 9.96. The number of aryl methyl sites for hydroxylation is 1. The Morgan fingerprint density at radius 2 is 2.00 bits per heavy atom. The topological polar surface area (TPSA) is 77.1 Å². The lowest BCUT2D eigenvalue weighted by Gasteiger charge is -2.27. The third-order valence-corrected chi connectivity index (χ3v) is 5.85. The van der Waals surface area contributed by atoms with Crippen molar-refractivity contribution in [2.24, 2.45) is 7.05 Å². The zero-order valence-corrected chi connectivity index (χ0v) is 16.3. The molecule has 0 atom stereocenters. The molecule has 0 saturated heterocycles. The number of carbonyl (C=O) groups excluding carboxylic acids is 1. The average molecular weight is 409 g/mol. The van der Waals surface area contributed by atoms with Crippen LogP contribution in [0.3, 0.4) is 0 Å². The van der Waals surface area contributed by atoms with E-state index < -0.39 is 5.82 Å². The summed E-state index contributed by atoms with van der Waals surface area (Å²) < 4.78 is 21.6. The standard InChI is InChI=1S/C20H16FN5O2S/c1-25-15-8-9-26(20(27)16-7-4-10-29-16)11-13(15)17(24-25)19-23-22-18(28-19)12-5-2-3-6-14(12)21/h2-7,10H,8-9,11H2,1H3. The third kappa shape index (κ3) is 3.03. The van der Waals surface area contributed by atoms with Crippen LogP contribution in [0.4, 0.5) is 4.39 Å². The van der Waals surface area contributed by atoms with Crippen LogP contribution in [-0.2, 0) is 20.0 Å². The molecule has 0 N–H and O–H groups in total. The minimum atomic E-state index is -0.432. The van der Waals surface area contributed by atoms with Gasteiger partial charge in [0.05, 0.1) is 17.0 Å². The molecule has 7 nitrogen and oxygen atoms in total. The molecule has 9 heteroatoms. The number of amides is 1. The second-order valence-electron chi connectivity index (χ2n) is 6.74. The van der Waals surface area contributed by atoms with E-state index in [0.717, 1.165) is 11.3 Å². The normalized spacial score (nSPS) is 13.5. The van der Waals surface area contributed by atoms with E-state index in [1.54, 1.807) is 27.8 Å². The van der Waals surface area contributed by atoms with E-state index in [1.807, 2.05) is 24.6 Å². The first kappa shape index (κ1) is 17.7. The van der Waals surface area contributed by atoms with Crippen LogP contribution >= 0.6 is 11.3 Å². The van der Waals surface area contributed by atoms with E-state index in [1.165, 1.54) is 17.4 Å². The first-order chi connectivity index (χ1) is 14.1. The highest BCUT2D eigenvalue weighted by atomic mass is 32.1. The number of hydrogen-bond acceptors (Lipinski definition) is 6. The summed E-state index contributed by atoms with van der Waals surface area (Å²) in [7, 11) is 1.85. The van der Waals surface area contributed by atoms with Gasteiger partial charge in [0, 0.05) is 31.3 Å². The summed E-state index contributed by atoms with van der Waals surface area (Å²) in [5.41, 5.74) is 2.68. The van der Waals surface area contributed by atoms with E-state index in [2.05, 4.69) is 15.3 Å². The molecule has 1 aromatic carbocycles. The van der Waals surface area contributed by atoms with Crippen molar-refractivity contribution in [3.05, 3.63) is 63.7 Å². The molecule has 0 spiro atoms. The van der Waals surface area contributed by atoms with Gasteiger partial charge in [-0.05, 0) is 23.6 Å². The molecular weight excluding hydrogens is 393 g/mol. The predicted molar refractivity (Wildman–Crippen MR) is 105 cm³/mol. The van der Waals surface area contributed by atoms with Crippen molar-refractivity contribution < 1.29 is 13.6 Å². The Kier molecular flexibility index (Phi) is 4.24. The molecule has 146 valence electrons. The Morgan fingerprint density at radius 3 is 2.79 bits per heavy atom. The van der Waals surface area contributed by atoms with Gasteiger partial charge in [-0.1, -0.05) is 18.2 Å². The van der Waals surface area contributed by atoms with E-state index in [0.29, 0.717) is 30.1 Å². The summed E-state index contributed by atoms with van der Waals surface area (Å²) in [6, 6.07) is 9.93. The van der Waals surface area contributed by atoms with Crippen LogP contribution < -0.4 is 0 Å². The molecule has 1 aliphatic rings. The number of halogens is 1. The first-order valence-electron chi connectivity index (χ1n) is 9.08. The lowest BCUT2D eigenvalue weighted by Crippen LogP contribution is -2.36. The van der Waals surface area contributed by atoms with Crippen LogP contribution in [0.25, 0.3) is 23.0 Å². The summed E-state index contributed by atoms with van der Waals surface area (Å²) in [5, 5.41) is 14.5. The van der Waals surface area contributed by atoms with Gasteiger partial charge in [-0.15, -0.1) is 21.5 Å². The average Bonchev–Trinajstić information content (AvgIpc) is 3.48. The summed E-state index contributed by atoms with van der Waals surface area (Å²) in [6.07, 6.45) is 0.685. The van der Waals surface area contributed by atoms with Crippen LogP contribution in [0.2, 0.25) is 0 Å². The third-order valence-electron chi connectivity index (χ3n) is 4.99. The maximum atomic E-state index is 14.0. The predicted octanol–water partition coefficient (Wildman–Crippen LogP) is 3.54. The summed E-state index contributed by atoms with van der Waals surface area (Å²) in [5.74, 6) is -0.123. The van der Waals surface area contributed by atoms with Crippen LogP contribution in [0, 0.1) is 5.82 Å². The van der Waals surface area contributed by atoms with Crippen molar-refractivity contribution in [1.82, 2.24) is 24.9 Å². The van der Waals surface area contributed by atoms with Gasteiger partial charge < -0.3 is 9.32 Å². The number of thiophene rings is 1. The number of benzene rings is 1. The monoisotopic (exact) mass is 409 g/mol. The Balaban J connectivity index is 1.49. The van der Waals surface area contributed by atoms with Crippen LogP contribution in [0.15, 0.2) is 46.2 Å². The van der Waals surface area contributed by atoms with Crippen molar-refractivity contribution in [3.8, 4) is 23.0 Å². The highest BCUT2D eigenvalue weighted by Gasteiger charge is 2.30. The van der Waals surface area contributed by atoms with E-state index in [-0.39, 0.29) is 23.3 Å². The van der Waals surface area contributed by atoms with Gasteiger partial charge in [-0.2, -0.15) is 5.10 Å². The molecule has 0 fully saturated rings. The number of rotatable bonds is 3. The van der Waals surface area contributed by atoms with Crippen molar-refractivity contribution >= 4 is 17.2 Å². The molecule has 3 aromatic heterocycles. The van der Waals surface area contributed by atoms with E-state index in [9.17, 15) is 9.18 Å². The zero-order chi connectivity index (χ0) is 20.0. The Morgan fingerprint density at radius 1 is 1.17 bits per heavy atom. The van der Waals surface area contributed by atoms with Crippen LogP contribution in [0.5, 0.6) is 0 Å². The van der Waals surface area contributed by atoms with Crippen molar-refractivity contribution in [3.63, 3.8) is 0 Å². The van der Waals surface area contributed by atoms with Gasteiger partial charge >= 0.3 is 0 Å². The van der Waals surface area contributed by atoms with Gasteiger partial charge in [0.2, 0.25) is 0 Å². The smallest absolute Gasteiger partial charge is 0.268 e. The second kappa shape index (κ2) is 6.93.